The summed E-state index contributed by atoms with van der Waals surface area (Å²) in [5.41, 5.74) is 2.16. The van der Waals surface area contributed by atoms with Gasteiger partial charge < -0.3 is 10.2 Å². The number of thiazole rings is 1. The maximum Gasteiger partial charge on any atom is 0.307 e. The molecule has 0 unspecified atom stereocenters. The molecule has 0 saturated carbocycles. The first kappa shape index (κ1) is 15.5. The Morgan fingerprint density at radius 2 is 1.96 bits per heavy atom. The highest BCUT2D eigenvalue weighted by Gasteiger charge is 2.13. The van der Waals surface area contributed by atoms with Crippen LogP contribution in [-0.2, 0) is 4.79 Å². The van der Waals surface area contributed by atoms with E-state index in [1.54, 1.807) is 42.5 Å². The van der Waals surface area contributed by atoms with Gasteiger partial charge in [-0.2, -0.15) is 0 Å². The molecule has 0 fully saturated rings. The Kier molecular flexibility index (Phi) is 4.32. The third-order valence-electron chi connectivity index (χ3n) is 3.20. The first-order valence-electron chi connectivity index (χ1n) is 6.79. The average Bonchev–Trinajstić information content (AvgIpc) is 2.91. The lowest BCUT2D eigenvalue weighted by atomic mass is 10.1. The summed E-state index contributed by atoms with van der Waals surface area (Å²) in [5.74, 6) is -0.760. The van der Waals surface area contributed by atoms with Gasteiger partial charge in [-0.1, -0.05) is 23.7 Å². The molecule has 0 spiro atoms. The molecule has 3 aromatic rings. The van der Waals surface area contributed by atoms with Gasteiger partial charge in [0.15, 0.2) is 0 Å². The van der Waals surface area contributed by atoms with Gasteiger partial charge in [0, 0.05) is 5.02 Å². The van der Waals surface area contributed by atoms with Gasteiger partial charge in [0.25, 0.3) is 0 Å². The fourth-order valence-electron chi connectivity index (χ4n) is 2.16. The summed E-state index contributed by atoms with van der Waals surface area (Å²) in [6.07, 6.45) is 1.64. The summed E-state index contributed by atoms with van der Waals surface area (Å²) in [6.45, 7) is 0. The molecular formula is C17H12ClNO3S. The zero-order valence-electron chi connectivity index (χ0n) is 11.9. The Labute approximate surface area is 141 Å². The molecule has 0 radical (unpaired) electrons. The van der Waals surface area contributed by atoms with Gasteiger partial charge in [-0.3, -0.25) is 4.79 Å². The van der Waals surface area contributed by atoms with Crippen LogP contribution in [0.25, 0.3) is 21.9 Å². The summed E-state index contributed by atoms with van der Waals surface area (Å²) in [7, 11) is 0. The van der Waals surface area contributed by atoms with Crippen LogP contribution < -0.4 is 0 Å². The molecule has 0 aliphatic rings. The minimum atomic E-state index is -0.924. The highest BCUT2D eigenvalue weighted by Crippen LogP contribution is 2.31. The van der Waals surface area contributed by atoms with Gasteiger partial charge in [-0.15, -0.1) is 11.3 Å². The van der Waals surface area contributed by atoms with E-state index in [2.05, 4.69) is 4.98 Å². The van der Waals surface area contributed by atoms with Crippen molar-refractivity contribution in [2.75, 3.05) is 0 Å². The topological polar surface area (TPSA) is 70.4 Å². The quantitative estimate of drug-likeness (QED) is 0.720. The smallest absolute Gasteiger partial charge is 0.307 e. The van der Waals surface area contributed by atoms with Gasteiger partial charge in [0.1, 0.15) is 10.8 Å². The van der Waals surface area contributed by atoms with Crippen LogP contribution in [0.3, 0.4) is 0 Å². The van der Waals surface area contributed by atoms with Crippen molar-refractivity contribution in [2.24, 2.45) is 0 Å². The van der Waals surface area contributed by atoms with Crippen molar-refractivity contribution >= 4 is 50.8 Å². The van der Waals surface area contributed by atoms with Crippen LogP contribution in [0.1, 0.15) is 17.0 Å². The summed E-state index contributed by atoms with van der Waals surface area (Å²) in [4.78, 5) is 15.7. The largest absolute Gasteiger partial charge is 0.508 e. The van der Waals surface area contributed by atoms with Crippen molar-refractivity contribution in [3.05, 3.63) is 58.1 Å². The molecule has 1 heterocycles. The molecule has 2 N–H and O–H groups in total. The number of halogens is 1. The molecule has 4 nitrogen and oxygen atoms in total. The van der Waals surface area contributed by atoms with E-state index in [-0.39, 0.29) is 12.2 Å². The van der Waals surface area contributed by atoms with E-state index in [1.807, 2.05) is 6.07 Å². The highest BCUT2D eigenvalue weighted by atomic mass is 35.5. The van der Waals surface area contributed by atoms with E-state index in [0.29, 0.717) is 15.6 Å². The minimum Gasteiger partial charge on any atom is -0.508 e. The Balaban J connectivity index is 2.06. The Bertz CT molecular complexity index is 900. The minimum absolute atomic E-state index is 0.131. The molecule has 0 amide bonds. The molecule has 3 rings (SSSR count). The number of fused-ring (bicyclic) bond motifs is 1. The molecule has 0 atom stereocenters. The third kappa shape index (κ3) is 3.70. The zero-order chi connectivity index (χ0) is 16.4. The zero-order valence-corrected chi connectivity index (χ0v) is 13.4. The number of benzene rings is 2. The van der Waals surface area contributed by atoms with Crippen molar-refractivity contribution in [1.82, 2.24) is 4.98 Å². The molecular weight excluding hydrogens is 334 g/mol. The fourth-order valence-corrected chi connectivity index (χ4v) is 3.29. The molecule has 1 aromatic heterocycles. The molecule has 0 aliphatic heterocycles. The van der Waals surface area contributed by atoms with Crippen molar-refractivity contribution < 1.29 is 15.0 Å². The monoisotopic (exact) mass is 345 g/mol. The number of phenolic OH excluding ortho intramolecular Hbond substituents is 1. The van der Waals surface area contributed by atoms with Gasteiger partial charge in [0.05, 0.1) is 16.6 Å². The number of aliphatic carboxylic acids is 1. The predicted molar refractivity (Wildman–Crippen MR) is 92.9 cm³/mol. The number of carboxylic acid groups (broad SMARTS) is 1. The van der Waals surface area contributed by atoms with Gasteiger partial charge in [0.2, 0.25) is 0 Å². The van der Waals surface area contributed by atoms with E-state index in [4.69, 9.17) is 16.7 Å². The molecule has 0 aliphatic carbocycles. The second-order valence-corrected chi connectivity index (χ2v) is 6.43. The number of carbonyl (C=O) groups is 1. The van der Waals surface area contributed by atoms with Crippen LogP contribution in [0.15, 0.2) is 42.5 Å². The van der Waals surface area contributed by atoms with E-state index in [0.717, 1.165) is 15.8 Å². The summed E-state index contributed by atoms with van der Waals surface area (Å²) >= 11 is 7.40. The van der Waals surface area contributed by atoms with Crippen LogP contribution in [0, 0.1) is 0 Å². The summed E-state index contributed by atoms with van der Waals surface area (Å²) in [5, 5.41) is 19.7. The van der Waals surface area contributed by atoms with E-state index in [1.165, 1.54) is 11.3 Å². The molecule has 6 heteroatoms. The summed E-state index contributed by atoms with van der Waals surface area (Å²) in [6, 6.07) is 12.0. The fraction of sp³-hybridized carbons (Fsp3) is 0.0588. The van der Waals surface area contributed by atoms with Crippen LogP contribution in [0.5, 0.6) is 5.75 Å². The average molecular weight is 346 g/mol. The number of hydrogen-bond acceptors (Lipinski definition) is 4. The number of nitrogens with zero attached hydrogens (tertiary/aromatic N) is 1. The summed E-state index contributed by atoms with van der Waals surface area (Å²) < 4.78 is 0.950. The van der Waals surface area contributed by atoms with Gasteiger partial charge in [-0.25, -0.2) is 4.98 Å². The SMILES string of the molecule is O=C(O)C/C(=C/c1ccc(O)cc1)c1nc2cc(Cl)ccc2s1. The third-order valence-corrected chi connectivity index (χ3v) is 4.55. The van der Waals surface area contributed by atoms with E-state index >= 15 is 0 Å². The molecule has 2 aromatic carbocycles. The number of aromatic nitrogens is 1. The second kappa shape index (κ2) is 6.40. The normalized spacial score (nSPS) is 11.8. The molecule has 116 valence electrons. The Hall–Kier alpha value is -2.37. The van der Waals surface area contributed by atoms with E-state index < -0.39 is 5.97 Å². The predicted octanol–water partition coefficient (Wildman–Crippen LogP) is 4.67. The van der Waals surface area contributed by atoms with E-state index in [9.17, 15) is 9.90 Å². The standard InChI is InChI=1S/C17H12ClNO3S/c18-12-3-6-15-14(9-12)19-17(23-15)11(8-16(21)22)7-10-1-4-13(20)5-2-10/h1-7,9,20H,8H2,(H,21,22)/b11-7-. The second-order valence-electron chi connectivity index (χ2n) is 4.96. The van der Waals surface area contributed by atoms with Crippen LogP contribution in [0.2, 0.25) is 5.02 Å². The van der Waals surface area contributed by atoms with Crippen molar-refractivity contribution in [3.8, 4) is 5.75 Å². The van der Waals surface area contributed by atoms with Crippen LogP contribution >= 0.6 is 22.9 Å². The number of aromatic hydroxyl groups is 1. The number of carboxylic acids is 1. The lowest BCUT2D eigenvalue weighted by Gasteiger charge is -2.02. The Morgan fingerprint density at radius 1 is 1.22 bits per heavy atom. The Morgan fingerprint density at radius 3 is 2.65 bits per heavy atom. The van der Waals surface area contributed by atoms with Crippen molar-refractivity contribution in [2.45, 2.75) is 6.42 Å². The number of rotatable bonds is 4. The molecule has 0 bridgehead atoms. The van der Waals surface area contributed by atoms with Crippen molar-refractivity contribution in [3.63, 3.8) is 0 Å². The first-order valence-corrected chi connectivity index (χ1v) is 7.98. The van der Waals surface area contributed by atoms with Gasteiger partial charge >= 0.3 is 5.97 Å². The maximum absolute atomic E-state index is 11.2. The molecule has 23 heavy (non-hydrogen) atoms. The lowest BCUT2D eigenvalue weighted by Crippen LogP contribution is -1.96. The first-order chi connectivity index (χ1) is 11.0. The lowest BCUT2D eigenvalue weighted by molar-refractivity contribution is -0.135. The van der Waals surface area contributed by atoms with Crippen LogP contribution in [0.4, 0.5) is 0 Å². The van der Waals surface area contributed by atoms with Crippen LogP contribution in [-0.4, -0.2) is 21.2 Å². The van der Waals surface area contributed by atoms with Crippen molar-refractivity contribution in [1.29, 1.82) is 0 Å². The highest BCUT2D eigenvalue weighted by molar-refractivity contribution is 7.19. The maximum atomic E-state index is 11.2. The number of hydrogen-bond donors (Lipinski definition) is 2. The van der Waals surface area contributed by atoms with Gasteiger partial charge in [-0.05, 0) is 47.5 Å². The number of phenols is 1. The molecule has 0 saturated heterocycles.